The molecule has 3 aromatic carbocycles. The van der Waals surface area contributed by atoms with E-state index in [2.05, 4.69) is 28.1 Å². The third-order valence-corrected chi connectivity index (χ3v) is 8.25. The average Bonchev–Trinajstić information content (AvgIpc) is 3.55. The summed E-state index contributed by atoms with van der Waals surface area (Å²) in [6, 6.07) is 11.6. The van der Waals surface area contributed by atoms with Crippen molar-refractivity contribution in [1.29, 1.82) is 0 Å². The molecule has 1 fully saturated rings. The van der Waals surface area contributed by atoms with Crippen LogP contribution in [0.25, 0.3) is 16.8 Å². The highest BCUT2D eigenvalue weighted by molar-refractivity contribution is 6.37. The molecule has 2 unspecified atom stereocenters. The second kappa shape index (κ2) is 9.24. The summed E-state index contributed by atoms with van der Waals surface area (Å²) in [5.74, 6) is -0.603. The maximum atomic E-state index is 16.2. The van der Waals surface area contributed by atoms with Crippen LogP contribution >= 0.6 is 11.6 Å². The zero-order chi connectivity index (χ0) is 25.9. The van der Waals surface area contributed by atoms with Crippen LogP contribution in [0.5, 0.6) is 0 Å². The van der Waals surface area contributed by atoms with Gasteiger partial charge in [-0.1, -0.05) is 54.1 Å². The molecular formula is C29H30ClF2N3O2. The van der Waals surface area contributed by atoms with Crippen molar-refractivity contribution in [2.75, 3.05) is 30.8 Å². The molecule has 8 heteroatoms. The minimum atomic E-state index is -1.59. The molecule has 0 aromatic heterocycles. The number of rotatable bonds is 6. The number of nitrogens with one attached hydrogen (secondary N) is 3. The van der Waals surface area contributed by atoms with Crippen LogP contribution in [0.2, 0.25) is 5.02 Å². The second-order valence-corrected chi connectivity index (χ2v) is 10.5. The number of halogens is 3. The van der Waals surface area contributed by atoms with Crippen LogP contribution in [0.3, 0.4) is 0 Å². The van der Waals surface area contributed by atoms with Crippen molar-refractivity contribution < 1.29 is 18.6 Å². The van der Waals surface area contributed by atoms with Crippen LogP contribution in [-0.4, -0.2) is 43.6 Å². The first kappa shape index (κ1) is 24.6. The summed E-state index contributed by atoms with van der Waals surface area (Å²) in [7, 11) is 1.83. The minimum Gasteiger partial charge on any atom is -0.391 e. The predicted octanol–water partition coefficient (Wildman–Crippen LogP) is 5.90. The maximum absolute atomic E-state index is 16.2. The summed E-state index contributed by atoms with van der Waals surface area (Å²) < 4.78 is 37.3. The molecule has 6 rings (SSSR count). The number of ether oxygens (including phenoxy) is 1. The van der Waals surface area contributed by atoms with Crippen molar-refractivity contribution >= 4 is 39.8 Å². The number of aliphatic hydroxyl groups is 1. The van der Waals surface area contributed by atoms with E-state index < -0.39 is 29.7 Å². The van der Waals surface area contributed by atoms with Gasteiger partial charge in [0.25, 0.3) is 0 Å². The Balaban J connectivity index is 1.69. The van der Waals surface area contributed by atoms with Gasteiger partial charge in [0.15, 0.2) is 6.17 Å². The summed E-state index contributed by atoms with van der Waals surface area (Å²) in [5, 5.41) is 21.4. The van der Waals surface area contributed by atoms with E-state index in [0.29, 0.717) is 22.2 Å². The molecule has 37 heavy (non-hydrogen) atoms. The van der Waals surface area contributed by atoms with Gasteiger partial charge in [-0.3, -0.25) is 0 Å². The van der Waals surface area contributed by atoms with E-state index >= 15 is 8.78 Å². The second-order valence-electron chi connectivity index (χ2n) is 10.2. The van der Waals surface area contributed by atoms with Crippen molar-refractivity contribution in [2.24, 2.45) is 0 Å². The SMILES string of the molecule is CNc1c2c(c3c(Cl)c(F)cc4c3c1[C@](c1ccccc1)([C@@H]1CCCN1)N4)C(F)C(OC[C@H](C)O)C=C2. The molecule has 0 bridgehead atoms. The lowest BCUT2D eigenvalue weighted by Gasteiger charge is -2.40. The van der Waals surface area contributed by atoms with Gasteiger partial charge in [-0.2, -0.15) is 0 Å². The Morgan fingerprint density at radius 3 is 2.73 bits per heavy atom. The van der Waals surface area contributed by atoms with Crippen molar-refractivity contribution in [1.82, 2.24) is 5.32 Å². The van der Waals surface area contributed by atoms with Gasteiger partial charge in [0.1, 0.15) is 17.5 Å². The summed E-state index contributed by atoms with van der Waals surface area (Å²) in [6.45, 7) is 2.45. The molecule has 5 nitrogen and oxygen atoms in total. The third kappa shape index (κ3) is 3.59. The summed E-state index contributed by atoms with van der Waals surface area (Å²) in [6.07, 6.45) is 2.18. The molecule has 0 saturated carbocycles. The van der Waals surface area contributed by atoms with Crippen molar-refractivity contribution in [3.63, 3.8) is 0 Å². The number of fused-ring (bicyclic) bond motifs is 2. The van der Waals surface area contributed by atoms with E-state index in [1.165, 1.54) is 6.07 Å². The first-order chi connectivity index (χ1) is 17.9. The van der Waals surface area contributed by atoms with Gasteiger partial charge in [0.2, 0.25) is 0 Å². The predicted molar refractivity (Wildman–Crippen MR) is 145 cm³/mol. The number of anilines is 2. The van der Waals surface area contributed by atoms with Crippen LogP contribution in [0.4, 0.5) is 20.2 Å². The number of alkyl halides is 1. The van der Waals surface area contributed by atoms with Crippen molar-refractivity contribution in [3.05, 3.63) is 75.6 Å². The minimum absolute atomic E-state index is 0.0149. The molecule has 4 N–H and O–H groups in total. The zero-order valence-corrected chi connectivity index (χ0v) is 21.5. The number of hydrogen-bond acceptors (Lipinski definition) is 5. The standard InChI is InChI=1S/C29H30ClF2N3O2/c1-15(36)14-37-20-11-10-17-22(27(20)32)24-23-19(13-18(31)26(24)30)35-29(21-9-6-12-34-21,25(23)28(17)33-2)16-7-4-3-5-8-16/h3-5,7-8,10-11,13,15,20-21,27,33-36H,6,9,12,14H2,1-2H3/t15-,20?,21-,27?,29-/m0/s1. The van der Waals surface area contributed by atoms with Gasteiger partial charge in [-0.15, -0.1) is 0 Å². The van der Waals surface area contributed by atoms with Crippen molar-refractivity contribution in [3.8, 4) is 0 Å². The smallest absolute Gasteiger partial charge is 0.156 e. The summed E-state index contributed by atoms with van der Waals surface area (Å²) in [5.41, 5.74) is 3.56. The Hall–Kier alpha value is -2.71. The molecule has 0 radical (unpaired) electrons. The Kier molecular flexibility index (Phi) is 6.15. The van der Waals surface area contributed by atoms with E-state index in [9.17, 15) is 5.11 Å². The lowest BCUT2D eigenvalue weighted by atomic mass is 9.73. The molecule has 2 heterocycles. The highest BCUT2D eigenvalue weighted by atomic mass is 35.5. The molecule has 3 aromatic rings. The maximum Gasteiger partial charge on any atom is 0.156 e. The lowest BCUT2D eigenvalue weighted by molar-refractivity contribution is -0.0161. The van der Waals surface area contributed by atoms with Crippen LogP contribution in [-0.2, 0) is 10.3 Å². The number of aliphatic hydroxyl groups excluding tert-OH is 1. The highest BCUT2D eigenvalue weighted by Crippen LogP contribution is 2.58. The monoisotopic (exact) mass is 525 g/mol. The number of benzene rings is 3. The number of hydrogen-bond donors (Lipinski definition) is 4. The first-order valence-corrected chi connectivity index (χ1v) is 13.1. The van der Waals surface area contributed by atoms with Crippen LogP contribution < -0.4 is 16.0 Å². The molecule has 2 aliphatic heterocycles. The first-order valence-electron chi connectivity index (χ1n) is 12.8. The van der Waals surface area contributed by atoms with E-state index in [-0.39, 0.29) is 17.7 Å². The van der Waals surface area contributed by atoms with Gasteiger partial charge in [0, 0.05) is 51.9 Å². The fourth-order valence-corrected chi connectivity index (χ4v) is 6.68. The molecule has 0 amide bonds. The Labute approximate surface area is 219 Å². The van der Waals surface area contributed by atoms with Gasteiger partial charge in [-0.25, -0.2) is 8.78 Å². The molecular weight excluding hydrogens is 496 g/mol. The van der Waals surface area contributed by atoms with Crippen LogP contribution in [0, 0.1) is 5.82 Å². The molecule has 1 saturated heterocycles. The average molecular weight is 526 g/mol. The fraction of sp³-hybridized carbons (Fsp3) is 0.379. The quantitative estimate of drug-likeness (QED) is 0.323. The van der Waals surface area contributed by atoms with E-state index in [0.717, 1.165) is 41.6 Å². The molecule has 194 valence electrons. The Bertz CT molecular complexity index is 1390. The van der Waals surface area contributed by atoms with Gasteiger partial charge >= 0.3 is 0 Å². The Morgan fingerprint density at radius 2 is 2.05 bits per heavy atom. The molecule has 5 atom stereocenters. The topological polar surface area (TPSA) is 65.5 Å². The normalized spacial score (nSPS) is 26.8. The Morgan fingerprint density at radius 1 is 1.27 bits per heavy atom. The van der Waals surface area contributed by atoms with Crippen LogP contribution in [0.15, 0.2) is 42.5 Å². The fourth-order valence-electron chi connectivity index (χ4n) is 6.43. The third-order valence-electron chi connectivity index (χ3n) is 7.88. The van der Waals surface area contributed by atoms with Crippen LogP contribution in [0.1, 0.15) is 48.2 Å². The molecule has 3 aliphatic rings. The van der Waals surface area contributed by atoms with Gasteiger partial charge < -0.3 is 25.8 Å². The zero-order valence-electron chi connectivity index (χ0n) is 20.7. The summed E-state index contributed by atoms with van der Waals surface area (Å²) >= 11 is 6.66. The van der Waals surface area contributed by atoms with Gasteiger partial charge in [0.05, 0.1) is 17.7 Å². The highest BCUT2D eigenvalue weighted by Gasteiger charge is 2.51. The largest absolute Gasteiger partial charge is 0.391 e. The summed E-state index contributed by atoms with van der Waals surface area (Å²) in [4.78, 5) is 0. The van der Waals surface area contributed by atoms with Gasteiger partial charge in [-0.05, 0) is 37.9 Å². The van der Waals surface area contributed by atoms with E-state index in [1.54, 1.807) is 13.0 Å². The molecule has 1 aliphatic carbocycles. The van der Waals surface area contributed by atoms with E-state index in [1.807, 2.05) is 31.3 Å². The van der Waals surface area contributed by atoms with E-state index in [4.69, 9.17) is 16.3 Å². The van der Waals surface area contributed by atoms with Crippen molar-refractivity contribution in [2.45, 2.75) is 49.7 Å². The molecule has 0 spiro atoms. The lowest BCUT2D eigenvalue weighted by Crippen LogP contribution is -2.50.